The Bertz CT molecular complexity index is 1020. The molecule has 0 bridgehead atoms. The first-order valence-corrected chi connectivity index (χ1v) is 9.70. The Morgan fingerprint density at radius 3 is 2.85 bits per heavy atom. The number of likely N-dealkylation sites (tertiary alicyclic amines) is 1. The lowest BCUT2D eigenvalue weighted by Crippen LogP contribution is -2.49. The quantitative estimate of drug-likeness (QED) is 0.737. The molecular weight excluding hydrogens is 365 g/mol. The number of aromatic nitrogens is 3. The number of rotatable bonds is 4. The number of anilines is 1. The molecule has 1 N–H and O–H groups in total. The summed E-state index contributed by atoms with van der Waals surface area (Å²) in [6, 6.07) is 3.36. The van der Waals surface area contributed by atoms with E-state index >= 15 is 0 Å². The summed E-state index contributed by atoms with van der Waals surface area (Å²) in [7, 11) is 0. The van der Waals surface area contributed by atoms with Crippen LogP contribution in [0.2, 0.25) is 0 Å². The number of nitrogens with one attached hydrogen (secondary N) is 1. The zero-order valence-electron chi connectivity index (χ0n) is 15.4. The van der Waals surface area contributed by atoms with E-state index < -0.39 is 5.82 Å². The van der Waals surface area contributed by atoms with Crippen LogP contribution in [0, 0.1) is 12.7 Å². The molecular formula is C19H20FN5OS. The van der Waals surface area contributed by atoms with Crippen molar-refractivity contribution in [2.75, 3.05) is 11.9 Å². The number of carbonyl (C=O) groups excluding carboxylic acids is 1. The van der Waals surface area contributed by atoms with Gasteiger partial charge < -0.3 is 10.2 Å². The number of thiophene rings is 1. The molecule has 0 unspecified atom stereocenters. The van der Waals surface area contributed by atoms with Gasteiger partial charge in [-0.25, -0.2) is 14.4 Å². The summed E-state index contributed by atoms with van der Waals surface area (Å²) in [6.07, 6.45) is 3.78. The van der Waals surface area contributed by atoms with Gasteiger partial charge in [0.1, 0.15) is 5.82 Å². The second-order valence-corrected chi connectivity index (χ2v) is 8.16. The molecule has 1 aliphatic heterocycles. The van der Waals surface area contributed by atoms with Crippen molar-refractivity contribution in [3.8, 4) is 0 Å². The number of halogens is 1. The van der Waals surface area contributed by atoms with Crippen molar-refractivity contribution < 1.29 is 9.18 Å². The van der Waals surface area contributed by atoms with Crippen LogP contribution in [0.15, 0.2) is 24.5 Å². The van der Waals surface area contributed by atoms with Gasteiger partial charge in [0.05, 0.1) is 22.5 Å². The molecule has 0 aliphatic carbocycles. The van der Waals surface area contributed by atoms with Crippen LogP contribution in [0.5, 0.6) is 0 Å². The van der Waals surface area contributed by atoms with Crippen molar-refractivity contribution in [3.63, 3.8) is 0 Å². The molecule has 0 spiro atoms. The molecule has 3 aromatic rings. The number of fused-ring (bicyclic) bond motifs is 1. The van der Waals surface area contributed by atoms with Gasteiger partial charge in [0, 0.05) is 23.7 Å². The predicted molar refractivity (Wildman–Crippen MR) is 104 cm³/mol. The summed E-state index contributed by atoms with van der Waals surface area (Å²) in [4.78, 5) is 28.8. The van der Waals surface area contributed by atoms with Crippen molar-refractivity contribution >= 4 is 33.4 Å². The van der Waals surface area contributed by atoms with E-state index in [1.807, 2.05) is 31.7 Å². The van der Waals surface area contributed by atoms with Crippen molar-refractivity contribution in [3.05, 3.63) is 46.5 Å². The highest BCUT2D eigenvalue weighted by Crippen LogP contribution is 2.30. The van der Waals surface area contributed by atoms with Gasteiger partial charge in [0.15, 0.2) is 5.69 Å². The summed E-state index contributed by atoms with van der Waals surface area (Å²) in [5, 5.41) is 3.17. The van der Waals surface area contributed by atoms with E-state index in [-0.39, 0.29) is 18.0 Å². The number of carbonyl (C=O) groups is 1. The zero-order valence-corrected chi connectivity index (χ0v) is 16.2. The van der Waals surface area contributed by atoms with Crippen LogP contribution in [0.3, 0.4) is 0 Å². The van der Waals surface area contributed by atoms with E-state index in [9.17, 15) is 9.18 Å². The Morgan fingerprint density at radius 2 is 2.19 bits per heavy atom. The Kier molecular flexibility index (Phi) is 4.51. The molecule has 1 aliphatic rings. The average Bonchev–Trinajstić information content (AvgIpc) is 2.99. The molecule has 4 heterocycles. The van der Waals surface area contributed by atoms with Crippen LogP contribution in [0.1, 0.15) is 47.2 Å². The van der Waals surface area contributed by atoms with Gasteiger partial charge in [0.2, 0.25) is 5.95 Å². The summed E-state index contributed by atoms with van der Waals surface area (Å²) in [6.45, 7) is 6.66. The first-order valence-electron chi connectivity index (χ1n) is 8.88. The lowest BCUT2D eigenvalue weighted by Gasteiger charge is -2.38. The van der Waals surface area contributed by atoms with Crippen molar-refractivity contribution in [1.82, 2.24) is 19.9 Å². The fourth-order valence-corrected chi connectivity index (χ4v) is 4.09. The van der Waals surface area contributed by atoms with Crippen LogP contribution in [0.4, 0.5) is 10.3 Å². The van der Waals surface area contributed by atoms with Gasteiger partial charge >= 0.3 is 0 Å². The van der Waals surface area contributed by atoms with Gasteiger partial charge in [-0.1, -0.05) is 0 Å². The largest absolute Gasteiger partial charge is 0.348 e. The number of amides is 1. The van der Waals surface area contributed by atoms with Crippen molar-refractivity contribution in [1.29, 1.82) is 0 Å². The molecule has 0 saturated carbocycles. The fraction of sp³-hybridized carbons (Fsp3) is 0.368. The van der Waals surface area contributed by atoms with Gasteiger partial charge in [-0.3, -0.25) is 9.78 Å². The molecule has 0 radical (unpaired) electrons. The maximum absolute atomic E-state index is 13.4. The third-order valence-corrected chi connectivity index (χ3v) is 5.90. The SMILES string of the molecule is Cc1cc2nc(N[C@@H](C)c3cncc(F)c3)nc(C(=O)N3CC[C@@H]3C)c2s1. The summed E-state index contributed by atoms with van der Waals surface area (Å²) >= 11 is 1.53. The molecule has 1 fully saturated rings. The number of pyridine rings is 1. The number of nitrogens with zero attached hydrogens (tertiary/aromatic N) is 4. The van der Waals surface area contributed by atoms with E-state index in [0.29, 0.717) is 17.2 Å². The third kappa shape index (κ3) is 3.37. The molecule has 8 heteroatoms. The van der Waals surface area contributed by atoms with E-state index in [1.165, 1.54) is 17.4 Å². The normalized spacial score (nSPS) is 17.6. The Morgan fingerprint density at radius 1 is 1.37 bits per heavy atom. The van der Waals surface area contributed by atoms with E-state index in [0.717, 1.165) is 34.3 Å². The first-order chi connectivity index (χ1) is 12.9. The smallest absolute Gasteiger partial charge is 0.274 e. The van der Waals surface area contributed by atoms with Crippen molar-refractivity contribution in [2.45, 2.75) is 39.3 Å². The maximum Gasteiger partial charge on any atom is 0.274 e. The molecule has 4 rings (SSSR count). The summed E-state index contributed by atoms with van der Waals surface area (Å²) < 4.78 is 14.3. The van der Waals surface area contributed by atoms with Gasteiger partial charge in [-0.2, -0.15) is 0 Å². The topological polar surface area (TPSA) is 71.0 Å². The number of hydrogen-bond acceptors (Lipinski definition) is 6. The standard InChI is InChI=1S/C19H20FN5OS/c1-10-4-5-25(10)18(26)16-17-15(6-11(2)27-17)23-19(24-16)22-12(3)13-7-14(20)9-21-8-13/h6-10,12H,4-5H2,1-3H3,(H,22,23,24)/t10-,12-/m0/s1. The molecule has 140 valence electrons. The highest BCUT2D eigenvalue weighted by atomic mass is 32.1. The van der Waals surface area contributed by atoms with Crippen LogP contribution in [0.25, 0.3) is 10.2 Å². The third-order valence-electron chi connectivity index (χ3n) is 4.85. The molecule has 1 saturated heterocycles. The highest BCUT2D eigenvalue weighted by Gasteiger charge is 2.32. The zero-order chi connectivity index (χ0) is 19.1. The Hall–Kier alpha value is -2.61. The van der Waals surface area contributed by atoms with Crippen molar-refractivity contribution in [2.24, 2.45) is 0 Å². The second kappa shape index (κ2) is 6.84. The highest BCUT2D eigenvalue weighted by molar-refractivity contribution is 7.19. The average molecular weight is 385 g/mol. The summed E-state index contributed by atoms with van der Waals surface area (Å²) in [5.41, 5.74) is 1.86. The van der Waals surface area contributed by atoms with Gasteiger partial charge in [0.25, 0.3) is 5.91 Å². The van der Waals surface area contributed by atoms with E-state index in [4.69, 9.17) is 0 Å². The van der Waals surface area contributed by atoms with Crippen LogP contribution in [-0.2, 0) is 0 Å². The Labute approximate surface area is 160 Å². The van der Waals surface area contributed by atoms with E-state index in [1.54, 1.807) is 6.20 Å². The van der Waals surface area contributed by atoms with Crippen LogP contribution >= 0.6 is 11.3 Å². The summed E-state index contributed by atoms with van der Waals surface area (Å²) in [5.74, 6) is -0.103. The van der Waals surface area contributed by atoms with Crippen LogP contribution in [-0.4, -0.2) is 38.3 Å². The second-order valence-electron chi connectivity index (χ2n) is 6.91. The fourth-order valence-electron chi connectivity index (χ4n) is 3.15. The van der Waals surface area contributed by atoms with Crippen LogP contribution < -0.4 is 5.32 Å². The van der Waals surface area contributed by atoms with E-state index in [2.05, 4.69) is 20.3 Å². The minimum atomic E-state index is -0.395. The lowest BCUT2D eigenvalue weighted by atomic mass is 10.0. The first kappa shape index (κ1) is 17.8. The predicted octanol–water partition coefficient (Wildman–Crippen LogP) is 3.94. The van der Waals surface area contributed by atoms with Gasteiger partial charge in [-0.15, -0.1) is 11.3 Å². The Balaban J connectivity index is 1.70. The number of hydrogen-bond donors (Lipinski definition) is 1. The minimum absolute atomic E-state index is 0.0638. The maximum atomic E-state index is 13.4. The minimum Gasteiger partial charge on any atom is -0.348 e. The number of aryl methyl sites for hydroxylation is 1. The molecule has 6 nitrogen and oxygen atoms in total. The molecule has 1 amide bonds. The van der Waals surface area contributed by atoms with Gasteiger partial charge in [-0.05, 0) is 44.9 Å². The monoisotopic (exact) mass is 385 g/mol. The molecule has 27 heavy (non-hydrogen) atoms. The molecule has 2 atom stereocenters. The molecule has 0 aromatic carbocycles. The molecule has 3 aromatic heterocycles. The lowest BCUT2D eigenvalue weighted by molar-refractivity contribution is 0.0498.